The number of anilines is 2. The number of hydrogen-bond acceptors (Lipinski definition) is 6. The van der Waals surface area contributed by atoms with Gasteiger partial charge in [-0.25, -0.2) is 9.18 Å². The number of rotatable bonds is 10. The number of amides is 3. The number of halogens is 1. The second-order valence-electron chi connectivity index (χ2n) is 8.09. The standard InChI is InChI=1S/C24H29FN6O2S/c1-31(2)12-10-20(30-24(33)27-11-9-16-3-6-18(25)7-4-16)17-5-8-21(28-13-17)23(32)29-22-15-34-14-19(22)26/h3-8,13-15,20H,9-12,26H2,1-2H3,(H,29,32)(H2,27,30,33). The van der Waals surface area contributed by atoms with Gasteiger partial charge in [0.15, 0.2) is 0 Å². The Morgan fingerprint density at radius 1 is 1.15 bits per heavy atom. The molecular formula is C24H29FN6O2S. The van der Waals surface area contributed by atoms with E-state index in [9.17, 15) is 14.0 Å². The van der Waals surface area contributed by atoms with Gasteiger partial charge in [0.1, 0.15) is 11.5 Å². The highest BCUT2D eigenvalue weighted by Crippen LogP contribution is 2.23. The first-order valence-electron chi connectivity index (χ1n) is 10.8. The van der Waals surface area contributed by atoms with Crippen LogP contribution in [0.3, 0.4) is 0 Å². The fraction of sp³-hybridized carbons (Fsp3) is 0.292. The number of thiophene rings is 1. The number of benzene rings is 1. The lowest BCUT2D eigenvalue weighted by Crippen LogP contribution is -2.39. The van der Waals surface area contributed by atoms with Gasteiger partial charge in [0, 0.05) is 23.5 Å². The molecule has 3 rings (SSSR count). The van der Waals surface area contributed by atoms with Crippen LogP contribution >= 0.6 is 11.3 Å². The molecule has 2 heterocycles. The Morgan fingerprint density at radius 2 is 1.91 bits per heavy atom. The third-order valence-electron chi connectivity index (χ3n) is 5.14. The van der Waals surface area contributed by atoms with E-state index in [1.54, 1.807) is 41.2 Å². The molecule has 1 unspecified atom stereocenters. The van der Waals surface area contributed by atoms with Crippen LogP contribution in [0.4, 0.5) is 20.6 Å². The molecule has 0 aliphatic heterocycles. The molecule has 0 aliphatic carbocycles. The van der Waals surface area contributed by atoms with Crippen molar-refractivity contribution in [2.45, 2.75) is 18.9 Å². The van der Waals surface area contributed by atoms with Gasteiger partial charge in [-0.2, -0.15) is 0 Å². The molecule has 5 N–H and O–H groups in total. The van der Waals surface area contributed by atoms with E-state index in [2.05, 4.69) is 20.9 Å². The molecule has 34 heavy (non-hydrogen) atoms. The summed E-state index contributed by atoms with van der Waals surface area (Å²) in [6.07, 6.45) is 2.86. The largest absolute Gasteiger partial charge is 0.396 e. The first-order chi connectivity index (χ1) is 16.3. The average molecular weight is 485 g/mol. The molecule has 0 saturated heterocycles. The zero-order chi connectivity index (χ0) is 24.5. The van der Waals surface area contributed by atoms with Crippen LogP contribution in [-0.2, 0) is 6.42 Å². The van der Waals surface area contributed by atoms with Crippen molar-refractivity contribution in [2.75, 3.05) is 38.2 Å². The third-order valence-corrected chi connectivity index (χ3v) is 5.91. The van der Waals surface area contributed by atoms with Gasteiger partial charge in [0.2, 0.25) is 0 Å². The Bertz CT molecular complexity index is 1090. The smallest absolute Gasteiger partial charge is 0.315 e. The number of carbonyl (C=O) groups excluding carboxylic acids is 2. The Labute approximate surface area is 202 Å². The molecule has 0 aliphatic rings. The van der Waals surface area contributed by atoms with E-state index in [-0.39, 0.29) is 29.5 Å². The van der Waals surface area contributed by atoms with Gasteiger partial charge in [-0.1, -0.05) is 18.2 Å². The van der Waals surface area contributed by atoms with Gasteiger partial charge in [0.25, 0.3) is 5.91 Å². The van der Waals surface area contributed by atoms with E-state index in [0.717, 1.165) is 17.7 Å². The summed E-state index contributed by atoms with van der Waals surface area (Å²) in [6.45, 7) is 1.17. The predicted molar refractivity (Wildman–Crippen MR) is 133 cm³/mol. The minimum absolute atomic E-state index is 0.254. The number of nitrogens with zero attached hydrogens (tertiary/aromatic N) is 2. The van der Waals surface area contributed by atoms with Crippen molar-refractivity contribution in [2.24, 2.45) is 0 Å². The molecule has 0 radical (unpaired) electrons. The molecule has 0 spiro atoms. The fourth-order valence-electron chi connectivity index (χ4n) is 3.23. The van der Waals surface area contributed by atoms with Crippen LogP contribution in [0.25, 0.3) is 0 Å². The monoisotopic (exact) mass is 484 g/mol. The number of nitrogen functional groups attached to an aromatic ring is 1. The van der Waals surface area contributed by atoms with Gasteiger partial charge in [-0.05, 0) is 62.8 Å². The Morgan fingerprint density at radius 3 is 2.53 bits per heavy atom. The minimum atomic E-state index is -0.354. The molecule has 0 saturated carbocycles. The maximum Gasteiger partial charge on any atom is 0.315 e. The molecule has 0 fully saturated rings. The van der Waals surface area contributed by atoms with Crippen molar-refractivity contribution >= 4 is 34.6 Å². The molecule has 2 aromatic heterocycles. The van der Waals surface area contributed by atoms with Gasteiger partial charge in [-0.15, -0.1) is 11.3 Å². The maximum atomic E-state index is 13.0. The van der Waals surface area contributed by atoms with Crippen LogP contribution in [0.5, 0.6) is 0 Å². The molecule has 10 heteroatoms. The van der Waals surface area contributed by atoms with Crippen LogP contribution in [-0.4, -0.2) is 49.0 Å². The number of urea groups is 1. The van der Waals surface area contributed by atoms with Crippen LogP contribution < -0.4 is 21.7 Å². The zero-order valence-corrected chi connectivity index (χ0v) is 20.0. The van der Waals surface area contributed by atoms with Crippen LogP contribution in [0, 0.1) is 5.82 Å². The summed E-state index contributed by atoms with van der Waals surface area (Å²) in [5.74, 6) is -0.640. The van der Waals surface area contributed by atoms with Crippen LogP contribution in [0.1, 0.15) is 34.1 Å². The lowest BCUT2D eigenvalue weighted by atomic mass is 10.1. The maximum absolute atomic E-state index is 13.0. The highest BCUT2D eigenvalue weighted by molar-refractivity contribution is 7.09. The van der Waals surface area contributed by atoms with E-state index in [1.165, 1.54) is 23.5 Å². The van der Waals surface area contributed by atoms with Gasteiger partial charge in [0.05, 0.1) is 17.4 Å². The second kappa shape index (κ2) is 12.1. The molecule has 3 aromatic rings. The summed E-state index contributed by atoms with van der Waals surface area (Å²) in [6, 6.07) is 9.03. The summed E-state index contributed by atoms with van der Waals surface area (Å²) in [5.41, 5.74) is 8.87. The van der Waals surface area contributed by atoms with Crippen LogP contribution in [0.15, 0.2) is 53.4 Å². The Hall–Kier alpha value is -3.50. The second-order valence-corrected chi connectivity index (χ2v) is 8.84. The number of pyridine rings is 1. The SMILES string of the molecule is CN(C)CCC(NC(=O)NCCc1ccc(F)cc1)c1ccc(C(=O)Nc2cscc2N)nc1. The first kappa shape index (κ1) is 25.1. The number of aromatic nitrogens is 1. The highest BCUT2D eigenvalue weighted by Gasteiger charge is 2.17. The van der Waals surface area contributed by atoms with Crippen molar-refractivity contribution in [1.29, 1.82) is 0 Å². The average Bonchev–Trinajstić information content (AvgIpc) is 3.22. The summed E-state index contributed by atoms with van der Waals surface area (Å²) in [7, 11) is 3.92. The normalized spacial score (nSPS) is 11.8. The van der Waals surface area contributed by atoms with Gasteiger partial charge in [-0.3, -0.25) is 9.78 Å². The quantitative estimate of drug-likeness (QED) is 0.351. The number of carbonyl (C=O) groups is 2. The molecule has 3 amide bonds. The Balaban J connectivity index is 1.59. The van der Waals surface area contributed by atoms with Crippen molar-refractivity contribution in [3.63, 3.8) is 0 Å². The lowest BCUT2D eigenvalue weighted by molar-refractivity contribution is 0.102. The summed E-state index contributed by atoms with van der Waals surface area (Å²) < 4.78 is 13.0. The van der Waals surface area contributed by atoms with Crippen molar-refractivity contribution in [3.8, 4) is 0 Å². The zero-order valence-electron chi connectivity index (χ0n) is 19.2. The van der Waals surface area contributed by atoms with Crippen LogP contribution in [0.2, 0.25) is 0 Å². The van der Waals surface area contributed by atoms with E-state index in [1.807, 2.05) is 19.0 Å². The van der Waals surface area contributed by atoms with Gasteiger partial charge < -0.3 is 26.6 Å². The van der Waals surface area contributed by atoms with E-state index < -0.39 is 0 Å². The lowest BCUT2D eigenvalue weighted by Gasteiger charge is -2.21. The molecule has 0 bridgehead atoms. The topological polar surface area (TPSA) is 112 Å². The molecule has 8 nitrogen and oxygen atoms in total. The minimum Gasteiger partial charge on any atom is -0.396 e. The number of hydrogen-bond donors (Lipinski definition) is 4. The van der Waals surface area contributed by atoms with Gasteiger partial charge >= 0.3 is 6.03 Å². The summed E-state index contributed by atoms with van der Waals surface area (Å²) in [4.78, 5) is 31.3. The van der Waals surface area contributed by atoms with Crippen molar-refractivity contribution in [1.82, 2.24) is 20.5 Å². The number of nitrogens with one attached hydrogen (secondary N) is 3. The third kappa shape index (κ3) is 7.53. The molecule has 1 aromatic carbocycles. The highest BCUT2D eigenvalue weighted by atomic mass is 32.1. The number of nitrogens with two attached hydrogens (primary N) is 1. The summed E-state index contributed by atoms with van der Waals surface area (Å²) >= 11 is 1.40. The van der Waals surface area contributed by atoms with E-state index in [4.69, 9.17) is 5.73 Å². The van der Waals surface area contributed by atoms with E-state index >= 15 is 0 Å². The van der Waals surface area contributed by atoms with E-state index in [0.29, 0.717) is 30.8 Å². The van der Waals surface area contributed by atoms with Crippen molar-refractivity contribution in [3.05, 3.63) is 76.0 Å². The predicted octanol–water partition coefficient (Wildman–Crippen LogP) is 3.65. The molecule has 180 valence electrons. The fourth-order valence-corrected chi connectivity index (χ4v) is 3.90. The molecular weight excluding hydrogens is 455 g/mol. The first-order valence-corrected chi connectivity index (χ1v) is 11.8. The van der Waals surface area contributed by atoms with Crippen molar-refractivity contribution < 1.29 is 14.0 Å². The Kier molecular flexibility index (Phi) is 8.94. The molecule has 1 atom stereocenters. The summed E-state index contributed by atoms with van der Waals surface area (Å²) in [5, 5.41) is 12.1.